The molecule has 0 atom stereocenters. The van der Waals surface area contributed by atoms with E-state index in [0.29, 0.717) is 30.2 Å². The van der Waals surface area contributed by atoms with E-state index in [2.05, 4.69) is 20.9 Å². The van der Waals surface area contributed by atoms with Crippen molar-refractivity contribution in [3.05, 3.63) is 70.8 Å². The van der Waals surface area contributed by atoms with Gasteiger partial charge in [0.25, 0.3) is 5.91 Å². The minimum atomic E-state index is -4.35. The number of guanidine groups is 1. The molecule has 0 spiro atoms. The second-order valence-electron chi connectivity index (χ2n) is 7.77. The van der Waals surface area contributed by atoms with Crippen molar-refractivity contribution in [1.82, 2.24) is 16.0 Å². The molecule has 0 radical (unpaired) electrons. The highest BCUT2D eigenvalue weighted by molar-refractivity contribution is 5.94. The van der Waals surface area contributed by atoms with Gasteiger partial charge < -0.3 is 16.0 Å². The van der Waals surface area contributed by atoms with Gasteiger partial charge in [0.15, 0.2) is 5.96 Å². The van der Waals surface area contributed by atoms with Crippen LogP contribution in [0.25, 0.3) is 0 Å². The summed E-state index contributed by atoms with van der Waals surface area (Å²) in [6.45, 7) is 0.952. The average Bonchev–Trinajstić information content (AvgIpc) is 2.74. The highest BCUT2D eigenvalue weighted by Crippen LogP contribution is 2.44. The first-order valence-corrected chi connectivity index (χ1v) is 10.2. The summed E-state index contributed by atoms with van der Waals surface area (Å²) in [6, 6.07) is 12.9. The monoisotopic (exact) mass is 432 g/mol. The summed E-state index contributed by atoms with van der Waals surface area (Å²) in [7, 11) is 3.23. The molecule has 31 heavy (non-hydrogen) atoms. The zero-order valence-corrected chi connectivity index (χ0v) is 17.6. The quantitative estimate of drug-likeness (QED) is 0.480. The van der Waals surface area contributed by atoms with Gasteiger partial charge in [-0.15, -0.1) is 0 Å². The molecule has 0 unspecified atom stereocenters. The number of nitrogens with one attached hydrogen (secondary N) is 3. The Balaban J connectivity index is 1.64. The maximum absolute atomic E-state index is 13.1. The van der Waals surface area contributed by atoms with Gasteiger partial charge >= 0.3 is 6.18 Å². The van der Waals surface area contributed by atoms with Crippen LogP contribution < -0.4 is 16.0 Å². The zero-order chi connectivity index (χ0) is 22.5. The lowest BCUT2D eigenvalue weighted by atomic mass is 9.64. The molecule has 1 aliphatic carbocycles. The van der Waals surface area contributed by atoms with Crippen LogP contribution in [0.4, 0.5) is 13.2 Å². The summed E-state index contributed by atoms with van der Waals surface area (Å²) in [5.41, 5.74) is 1.24. The van der Waals surface area contributed by atoms with Crippen LogP contribution in [-0.2, 0) is 18.1 Å². The van der Waals surface area contributed by atoms with Crippen LogP contribution in [0.2, 0.25) is 0 Å². The number of aliphatic imine (C=N–C) groups is 1. The van der Waals surface area contributed by atoms with Crippen LogP contribution in [0, 0.1) is 0 Å². The van der Waals surface area contributed by atoms with E-state index >= 15 is 0 Å². The van der Waals surface area contributed by atoms with Gasteiger partial charge in [0.2, 0.25) is 0 Å². The maximum atomic E-state index is 13.1. The van der Waals surface area contributed by atoms with E-state index < -0.39 is 11.7 Å². The van der Waals surface area contributed by atoms with E-state index in [9.17, 15) is 18.0 Å². The van der Waals surface area contributed by atoms with Crippen LogP contribution in [0.5, 0.6) is 0 Å². The third-order valence-electron chi connectivity index (χ3n) is 5.81. The molecular weight excluding hydrogens is 405 g/mol. The number of nitrogens with zero attached hydrogens (tertiary/aromatic N) is 1. The molecule has 0 heterocycles. The maximum Gasteiger partial charge on any atom is 0.416 e. The van der Waals surface area contributed by atoms with E-state index in [1.54, 1.807) is 32.3 Å². The number of amides is 1. The Kier molecular flexibility index (Phi) is 6.87. The predicted molar refractivity (Wildman–Crippen MR) is 115 cm³/mol. The fourth-order valence-electron chi connectivity index (χ4n) is 3.82. The number of halogens is 3. The zero-order valence-electron chi connectivity index (χ0n) is 17.6. The Labute approximate surface area is 180 Å². The van der Waals surface area contributed by atoms with Crippen molar-refractivity contribution in [2.45, 2.75) is 37.4 Å². The largest absolute Gasteiger partial charge is 0.416 e. The normalized spacial score (nSPS) is 15.7. The molecular formula is C23H27F3N4O. The number of hydrogen-bond donors (Lipinski definition) is 3. The van der Waals surface area contributed by atoms with E-state index in [1.807, 2.05) is 12.1 Å². The SMILES string of the molecule is CN=C(NCc1cccc(C(=O)NC)c1)NCC1(c2cccc(C(F)(F)F)c2)CCC1. The first kappa shape index (κ1) is 22.7. The molecule has 2 aromatic carbocycles. The van der Waals surface area contributed by atoms with Crippen molar-refractivity contribution >= 4 is 11.9 Å². The van der Waals surface area contributed by atoms with E-state index in [0.717, 1.165) is 30.9 Å². The van der Waals surface area contributed by atoms with Gasteiger partial charge in [-0.25, -0.2) is 0 Å². The molecule has 3 rings (SSSR count). The summed E-state index contributed by atoms with van der Waals surface area (Å²) in [5, 5.41) is 9.07. The molecule has 3 N–H and O–H groups in total. The molecule has 8 heteroatoms. The number of carbonyl (C=O) groups is 1. The van der Waals surface area contributed by atoms with Crippen molar-refractivity contribution < 1.29 is 18.0 Å². The van der Waals surface area contributed by atoms with Gasteiger partial charge in [-0.1, -0.05) is 36.8 Å². The first-order chi connectivity index (χ1) is 14.8. The molecule has 0 bridgehead atoms. The Morgan fingerprint density at radius 1 is 1.10 bits per heavy atom. The average molecular weight is 432 g/mol. The standard InChI is InChI=1S/C23H27F3N4O/c1-27-20(31)17-7-3-6-16(12-17)14-29-21(28-2)30-15-22(10-5-11-22)18-8-4-9-19(13-18)23(24,25)26/h3-4,6-9,12-13H,5,10-11,14-15H2,1-2H3,(H,27,31)(H2,28,29,30). The molecule has 2 aromatic rings. The summed E-state index contributed by atoms with van der Waals surface area (Å²) in [4.78, 5) is 16.0. The number of carbonyl (C=O) groups excluding carboxylic acids is 1. The molecule has 166 valence electrons. The predicted octanol–water partition coefficient (Wildman–Crippen LogP) is 3.85. The van der Waals surface area contributed by atoms with Crippen molar-refractivity contribution in [2.75, 3.05) is 20.6 Å². The van der Waals surface area contributed by atoms with Crippen molar-refractivity contribution in [3.8, 4) is 0 Å². The number of rotatable bonds is 6. The van der Waals surface area contributed by atoms with Gasteiger partial charge in [-0.3, -0.25) is 9.79 Å². The Hall–Kier alpha value is -3.03. The Morgan fingerprint density at radius 2 is 1.84 bits per heavy atom. The lowest BCUT2D eigenvalue weighted by molar-refractivity contribution is -0.137. The smallest absolute Gasteiger partial charge is 0.356 e. The van der Waals surface area contributed by atoms with Crippen molar-refractivity contribution in [2.24, 2.45) is 4.99 Å². The van der Waals surface area contributed by atoms with Gasteiger partial charge in [0.1, 0.15) is 0 Å². The molecule has 1 saturated carbocycles. The summed E-state index contributed by atoms with van der Waals surface area (Å²) in [5.74, 6) is 0.404. The van der Waals surface area contributed by atoms with Crippen LogP contribution in [0.3, 0.4) is 0 Å². The highest BCUT2D eigenvalue weighted by Gasteiger charge is 2.40. The molecule has 0 saturated heterocycles. The van der Waals surface area contributed by atoms with Crippen LogP contribution in [0.1, 0.15) is 46.3 Å². The van der Waals surface area contributed by atoms with E-state index in [-0.39, 0.29) is 11.3 Å². The molecule has 0 aromatic heterocycles. The number of benzene rings is 2. The lowest BCUT2D eigenvalue weighted by Crippen LogP contribution is -2.48. The first-order valence-electron chi connectivity index (χ1n) is 10.2. The molecule has 1 fully saturated rings. The van der Waals surface area contributed by atoms with Crippen LogP contribution in [-0.4, -0.2) is 32.5 Å². The van der Waals surface area contributed by atoms with Gasteiger partial charge in [0.05, 0.1) is 5.56 Å². The number of hydrogen-bond acceptors (Lipinski definition) is 2. The second-order valence-corrected chi connectivity index (χ2v) is 7.77. The lowest BCUT2D eigenvalue weighted by Gasteiger charge is -2.43. The topological polar surface area (TPSA) is 65.5 Å². The molecule has 1 amide bonds. The molecule has 0 aliphatic heterocycles. The van der Waals surface area contributed by atoms with Crippen molar-refractivity contribution in [3.63, 3.8) is 0 Å². The second kappa shape index (κ2) is 9.41. The summed E-state index contributed by atoms with van der Waals surface area (Å²) in [6.07, 6.45) is -1.72. The fourth-order valence-corrected chi connectivity index (χ4v) is 3.82. The van der Waals surface area contributed by atoms with E-state index in [4.69, 9.17) is 0 Å². The van der Waals surface area contributed by atoms with Crippen LogP contribution in [0.15, 0.2) is 53.5 Å². The minimum absolute atomic E-state index is 0.155. The third kappa shape index (κ3) is 5.37. The van der Waals surface area contributed by atoms with Crippen LogP contribution >= 0.6 is 0 Å². The van der Waals surface area contributed by atoms with Gasteiger partial charge in [0, 0.05) is 38.2 Å². The van der Waals surface area contributed by atoms with Crippen molar-refractivity contribution in [1.29, 1.82) is 0 Å². The van der Waals surface area contributed by atoms with Gasteiger partial charge in [-0.2, -0.15) is 13.2 Å². The van der Waals surface area contributed by atoms with Gasteiger partial charge in [-0.05, 0) is 42.2 Å². The fraction of sp³-hybridized carbons (Fsp3) is 0.391. The summed E-state index contributed by atoms with van der Waals surface area (Å²) >= 11 is 0. The minimum Gasteiger partial charge on any atom is -0.356 e. The number of alkyl halides is 3. The Bertz CT molecular complexity index is 952. The van der Waals surface area contributed by atoms with E-state index in [1.165, 1.54) is 12.1 Å². The molecule has 5 nitrogen and oxygen atoms in total. The highest BCUT2D eigenvalue weighted by atomic mass is 19.4. The Morgan fingerprint density at radius 3 is 2.45 bits per heavy atom. The third-order valence-corrected chi connectivity index (χ3v) is 5.81. The molecule has 1 aliphatic rings. The summed E-state index contributed by atoms with van der Waals surface area (Å²) < 4.78 is 39.4.